The molecule has 2 aromatic carbocycles. The molecule has 3 aromatic rings. The largest absolute Gasteiger partial charge is 0.340 e. The first-order chi connectivity index (χ1) is 13.7. The minimum atomic E-state index is 0.721. The number of aryl methyl sites for hydroxylation is 1. The van der Waals surface area contributed by atoms with E-state index in [0.717, 1.165) is 60.9 Å². The minimum Gasteiger partial charge on any atom is -0.340 e. The normalized spacial score (nSPS) is 14.9. The number of hydrogen-bond acceptors (Lipinski definition) is 5. The Labute approximate surface area is 171 Å². The van der Waals surface area contributed by atoms with E-state index in [1.165, 1.54) is 5.56 Å². The predicted octanol–water partition coefficient (Wildman–Crippen LogP) is 4.50. The van der Waals surface area contributed by atoms with Crippen LogP contribution in [-0.2, 0) is 6.54 Å². The topological polar surface area (TPSA) is 44.3 Å². The van der Waals surface area contributed by atoms with Crippen molar-refractivity contribution >= 4 is 29.1 Å². The predicted molar refractivity (Wildman–Crippen MR) is 115 cm³/mol. The van der Waals surface area contributed by atoms with E-state index in [9.17, 15) is 0 Å². The highest BCUT2D eigenvalue weighted by atomic mass is 35.5. The Morgan fingerprint density at radius 2 is 1.64 bits per heavy atom. The average Bonchev–Trinajstić information content (AvgIpc) is 2.71. The molecule has 0 amide bonds. The summed E-state index contributed by atoms with van der Waals surface area (Å²) in [7, 11) is 0. The van der Waals surface area contributed by atoms with Gasteiger partial charge in [0.15, 0.2) is 0 Å². The molecule has 5 nitrogen and oxygen atoms in total. The SMILES string of the molecule is Cc1cc(Nc2ccc(Cl)cc2)nc(N2CCN(Cc3ccccc3)CC2)n1. The molecule has 0 aliphatic carbocycles. The van der Waals surface area contributed by atoms with Gasteiger partial charge in [-0.25, -0.2) is 4.98 Å². The zero-order valence-corrected chi connectivity index (χ0v) is 16.7. The van der Waals surface area contributed by atoms with E-state index in [1.807, 2.05) is 37.3 Å². The fourth-order valence-corrected chi connectivity index (χ4v) is 3.51. The zero-order chi connectivity index (χ0) is 19.3. The molecular weight excluding hydrogens is 370 g/mol. The zero-order valence-electron chi connectivity index (χ0n) is 16.0. The van der Waals surface area contributed by atoms with Gasteiger partial charge in [-0.2, -0.15) is 4.98 Å². The molecule has 1 aliphatic heterocycles. The third-order valence-corrected chi connectivity index (χ3v) is 5.12. The molecule has 0 spiro atoms. The van der Waals surface area contributed by atoms with Crippen LogP contribution in [0.25, 0.3) is 0 Å². The third kappa shape index (κ3) is 4.80. The minimum absolute atomic E-state index is 0.721. The van der Waals surface area contributed by atoms with Crippen LogP contribution in [0.3, 0.4) is 0 Å². The Morgan fingerprint density at radius 3 is 2.36 bits per heavy atom. The standard InChI is InChI=1S/C22H24ClN5/c1-17-15-21(25-20-9-7-19(23)8-10-20)26-22(24-17)28-13-11-27(12-14-28)16-18-5-3-2-4-6-18/h2-10,15H,11-14,16H2,1H3,(H,24,25,26). The maximum Gasteiger partial charge on any atom is 0.227 e. The van der Waals surface area contributed by atoms with Crippen molar-refractivity contribution in [3.05, 3.63) is 76.9 Å². The summed E-state index contributed by atoms with van der Waals surface area (Å²) in [6.07, 6.45) is 0. The summed E-state index contributed by atoms with van der Waals surface area (Å²) in [5.74, 6) is 1.59. The molecule has 1 fully saturated rings. The van der Waals surface area contributed by atoms with E-state index in [-0.39, 0.29) is 0 Å². The van der Waals surface area contributed by atoms with Crippen molar-refractivity contribution in [3.63, 3.8) is 0 Å². The highest BCUT2D eigenvalue weighted by Crippen LogP contribution is 2.21. The van der Waals surface area contributed by atoms with Gasteiger partial charge in [-0.05, 0) is 36.8 Å². The maximum absolute atomic E-state index is 5.97. The van der Waals surface area contributed by atoms with Crippen molar-refractivity contribution in [1.82, 2.24) is 14.9 Å². The molecule has 0 atom stereocenters. The summed E-state index contributed by atoms with van der Waals surface area (Å²) in [5.41, 5.74) is 3.27. The molecule has 0 saturated carbocycles. The Balaban J connectivity index is 1.40. The van der Waals surface area contributed by atoms with E-state index in [4.69, 9.17) is 16.6 Å². The fraction of sp³-hybridized carbons (Fsp3) is 0.273. The number of hydrogen-bond donors (Lipinski definition) is 1. The summed E-state index contributed by atoms with van der Waals surface area (Å²) in [5, 5.41) is 4.07. The molecule has 144 valence electrons. The Kier molecular flexibility index (Phi) is 5.74. The molecule has 6 heteroatoms. The van der Waals surface area contributed by atoms with Crippen LogP contribution in [0.1, 0.15) is 11.3 Å². The van der Waals surface area contributed by atoms with Gasteiger partial charge in [0.25, 0.3) is 0 Å². The van der Waals surface area contributed by atoms with Crippen molar-refractivity contribution < 1.29 is 0 Å². The molecule has 2 heterocycles. The lowest BCUT2D eigenvalue weighted by Crippen LogP contribution is -2.46. The second kappa shape index (κ2) is 8.59. The number of anilines is 3. The van der Waals surface area contributed by atoms with Crippen LogP contribution in [0.15, 0.2) is 60.7 Å². The van der Waals surface area contributed by atoms with Crippen molar-refractivity contribution in [3.8, 4) is 0 Å². The number of rotatable bonds is 5. The van der Waals surface area contributed by atoms with Gasteiger partial charge in [0.05, 0.1) is 0 Å². The number of piperazine rings is 1. The number of benzene rings is 2. The number of nitrogens with zero attached hydrogens (tertiary/aromatic N) is 4. The molecule has 1 N–H and O–H groups in total. The van der Waals surface area contributed by atoms with Crippen LogP contribution in [0.2, 0.25) is 5.02 Å². The second-order valence-corrected chi connectivity index (χ2v) is 7.51. The van der Waals surface area contributed by atoms with Crippen LogP contribution in [0, 0.1) is 6.92 Å². The summed E-state index contributed by atoms with van der Waals surface area (Å²) in [6, 6.07) is 20.2. The van der Waals surface area contributed by atoms with E-state index in [1.54, 1.807) is 0 Å². The lowest BCUT2D eigenvalue weighted by molar-refractivity contribution is 0.248. The van der Waals surface area contributed by atoms with Gasteiger partial charge in [0.2, 0.25) is 5.95 Å². The van der Waals surface area contributed by atoms with Crippen molar-refractivity contribution in [2.45, 2.75) is 13.5 Å². The number of halogens is 1. The first-order valence-electron chi connectivity index (χ1n) is 9.55. The molecular formula is C22H24ClN5. The molecule has 4 rings (SSSR count). The Hall–Kier alpha value is -2.63. The van der Waals surface area contributed by atoms with Crippen molar-refractivity contribution in [1.29, 1.82) is 0 Å². The van der Waals surface area contributed by atoms with Crippen LogP contribution in [0.5, 0.6) is 0 Å². The fourth-order valence-electron chi connectivity index (χ4n) is 3.39. The molecule has 1 aliphatic rings. The van der Waals surface area contributed by atoms with Crippen LogP contribution in [0.4, 0.5) is 17.5 Å². The highest BCUT2D eigenvalue weighted by Gasteiger charge is 2.19. The van der Waals surface area contributed by atoms with E-state index in [0.29, 0.717) is 0 Å². The van der Waals surface area contributed by atoms with Crippen molar-refractivity contribution in [2.75, 3.05) is 36.4 Å². The molecule has 0 radical (unpaired) electrons. The first-order valence-corrected chi connectivity index (χ1v) is 9.93. The molecule has 1 aromatic heterocycles. The monoisotopic (exact) mass is 393 g/mol. The smallest absolute Gasteiger partial charge is 0.227 e. The second-order valence-electron chi connectivity index (χ2n) is 7.08. The summed E-state index contributed by atoms with van der Waals surface area (Å²) < 4.78 is 0. The molecule has 0 bridgehead atoms. The lowest BCUT2D eigenvalue weighted by Gasteiger charge is -2.35. The molecule has 1 saturated heterocycles. The summed E-state index contributed by atoms with van der Waals surface area (Å²) in [6.45, 7) is 6.86. The quantitative estimate of drug-likeness (QED) is 0.691. The van der Waals surface area contributed by atoms with E-state index >= 15 is 0 Å². The van der Waals surface area contributed by atoms with E-state index in [2.05, 4.69) is 50.4 Å². The van der Waals surface area contributed by atoms with Gasteiger partial charge < -0.3 is 10.2 Å². The number of aromatic nitrogens is 2. The molecule has 0 unspecified atom stereocenters. The number of nitrogens with one attached hydrogen (secondary N) is 1. The van der Waals surface area contributed by atoms with Crippen LogP contribution in [-0.4, -0.2) is 41.0 Å². The highest BCUT2D eigenvalue weighted by molar-refractivity contribution is 6.30. The van der Waals surface area contributed by atoms with Crippen LogP contribution < -0.4 is 10.2 Å². The van der Waals surface area contributed by atoms with E-state index < -0.39 is 0 Å². The van der Waals surface area contributed by atoms with Gasteiger partial charge >= 0.3 is 0 Å². The third-order valence-electron chi connectivity index (χ3n) is 4.86. The summed E-state index contributed by atoms with van der Waals surface area (Å²) in [4.78, 5) is 14.1. The van der Waals surface area contributed by atoms with Crippen LogP contribution >= 0.6 is 11.6 Å². The Bertz CT molecular complexity index is 906. The lowest BCUT2D eigenvalue weighted by atomic mass is 10.2. The first kappa shape index (κ1) is 18.7. The summed E-state index contributed by atoms with van der Waals surface area (Å²) >= 11 is 5.97. The van der Waals surface area contributed by atoms with Gasteiger partial charge in [0.1, 0.15) is 5.82 Å². The molecule has 28 heavy (non-hydrogen) atoms. The van der Waals surface area contributed by atoms with Gasteiger partial charge in [-0.3, -0.25) is 4.90 Å². The maximum atomic E-state index is 5.97. The Morgan fingerprint density at radius 1 is 0.929 bits per heavy atom. The van der Waals surface area contributed by atoms with Gasteiger partial charge in [0, 0.05) is 55.2 Å². The average molecular weight is 394 g/mol. The van der Waals surface area contributed by atoms with Gasteiger partial charge in [-0.15, -0.1) is 0 Å². The van der Waals surface area contributed by atoms with Crippen molar-refractivity contribution in [2.24, 2.45) is 0 Å². The van der Waals surface area contributed by atoms with Gasteiger partial charge in [-0.1, -0.05) is 41.9 Å².